The Hall–Kier alpha value is -3.36. The van der Waals surface area contributed by atoms with Crippen LogP contribution in [-0.2, 0) is 22.6 Å². The largest absolute Gasteiger partial charge is 0.495 e. The monoisotopic (exact) mass is 507 g/mol. The van der Waals surface area contributed by atoms with Crippen LogP contribution in [0.3, 0.4) is 0 Å². The zero-order valence-corrected chi connectivity index (χ0v) is 21.6. The number of benzene rings is 2. The molecule has 1 N–H and O–H groups in total. The molecule has 2 aromatic carbocycles. The molecule has 190 valence electrons. The molecule has 0 spiro atoms. The number of rotatable bonds is 10. The molecule has 1 saturated heterocycles. The number of thiophene rings is 1. The topological polar surface area (TPSA) is 71.1 Å². The first-order chi connectivity index (χ1) is 17.5. The number of amides is 3. The van der Waals surface area contributed by atoms with Crippen molar-refractivity contribution >= 4 is 29.0 Å². The first kappa shape index (κ1) is 25.7. The molecule has 1 aliphatic heterocycles. The fourth-order valence-corrected chi connectivity index (χ4v) is 5.16. The van der Waals surface area contributed by atoms with Crippen molar-refractivity contribution in [2.45, 2.75) is 39.0 Å². The molecular weight excluding hydrogens is 474 g/mol. The van der Waals surface area contributed by atoms with Crippen molar-refractivity contribution < 1.29 is 19.1 Å². The number of hydrogen-bond donors (Lipinski definition) is 1. The summed E-state index contributed by atoms with van der Waals surface area (Å²) in [5, 5.41) is 2.92. The third kappa shape index (κ3) is 7.08. The number of nitrogens with zero attached hydrogens (tertiary/aromatic N) is 2. The van der Waals surface area contributed by atoms with E-state index in [0.717, 1.165) is 23.3 Å². The fourth-order valence-electron chi connectivity index (χ4n) is 4.25. The minimum atomic E-state index is -0.352. The second-order valence-corrected chi connectivity index (χ2v) is 10.3. The van der Waals surface area contributed by atoms with Gasteiger partial charge in [0.05, 0.1) is 25.4 Å². The summed E-state index contributed by atoms with van der Waals surface area (Å²) in [5.74, 6) is 0.450. The van der Waals surface area contributed by atoms with Crippen molar-refractivity contribution in [2.75, 3.05) is 32.1 Å². The molecule has 2 heterocycles. The van der Waals surface area contributed by atoms with E-state index >= 15 is 0 Å². The van der Waals surface area contributed by atoms with Gasteiger partial charge in [0, 0.05) is 29.5 Å². The Morgan fingerprint density at radius 1 is 1.03 bits per heavy atom. The molecule has 36 heavy (non-hydrogen) atoms. The van der Waals surface area contributed by atoms with Crippen LogP contribution in [0.5, 0.6) is 5.75 Å². The number of carbonyl (C=O) groups excluding carboxylic acids is 2. The van der Waals surface area contributed by atoms with E-state index in [2.05, 4.69) is 24.4 Å². The Labute approximate surface area is 216 Å². The van der Waals surface area contributed by atoms with Gasteiger partial charge in [0.2, 0.25) is 5.91 Å². The summed E-state index contributed by atoms with van der Waals surface area (Å²) in [4.78, 5) is 32.7. The SMILES string of the molecule is COc1ccccc1NC(=O)N(CC(=O)N(Cc1ccccc1)Cc1ccc(C)s1)CC1CCCO1. The van der Waals surface area contributed by atoms with E-state index in [0.29, 0.717) is 37.7 Å². The van der Waals surface area contributed by atoms with Gasteiger partial charge >= 0.3 is 6.03 Å². The molecule has 3 amide bonds. The Kier molecular flexibility index (Phi) is 8.97. The molecule has 0 bridgehead atoms. The van der Waals surface area contributed by atoms with Crippen molar-refractivity contribution in [3.8, 4) is 5.75 Å². The van der Waals surface area contributed by atoms with Crippen LogP contribution in [-0.4, -0.2) is 54.6 Å². The van der Waals surface area contributed by atoms with Crippen LogP contribution in [0.1, 0.15) is 28.2 Å². The van der Waals surface area contributed by atoms with Crippen LogP contribution in [0.25, 0.3) is 0 Å². The van der Waals surface area contributed by atoms with E-state index < -0.39 is 0 Å². The minimum absolute atomic E-state index is 0.0436. The molecule has 3 aromatic rings. The third-order valence-electron chi connectivity index (χ3n) is 6.12. The van der Waals surface area contributed by atoms with Gasteiger partial charge in [-0.15, -0.1) is 11.3 Å². The van der Waals surface area contributed by atoms with Gasteiger partial charge in [0.15, 0.2) is 0 Å². The number of anilines is 1. The first-order valence-electron chi connectivity index (χ1n) is 12.2. The highest BCUT2D eigenvalue weighted by molar-refractivity contribution is 7.11. The number of para-hydroxylation sites is 2. The quantitative estimate of drug-likeness (QED) is 0.404. The minimum Gasteiger partial charge on any atom is -0.495 e. The van der Waals surface area contributed by atoms with Crippen LogP contribution in [0.15, 0.2) is 66.7 Å². The van der Waals surface area contributed by atoms with E-state index in [1.165, 1.54) is 4.88 Å². The number of hydrogen-bond acceptors (Lipinski definition) is 5. The number of methoxy groups -OCH3 is 1. The maximum Gasteiger partial charge on any atom is 0.322 e. The molecule has 1 aliphatic rings. The normalized spacial score (nSPS) is 14.9. The summed E-state index contributed by atoms with van der Waals surface area (Å²) in [6, 6.07) is 20.9. The average molecular weight is 508 g/mol. The van der Waals surface area contributed by atoms with Crippen molar-refractivity contribution in [1.29, 1.82) is 0 Å². The summed E-state index contributed by atoms with van der Waals surface area (Å²) in [7, 11) is 1.56. The molecule has 0 aliphatic carbocycles. The lowest BCUT2D eigenvalue weighted by molar-refractivity contribution is -0.133. The molecule has 1 fully saturated rings. The molecule has 1 aromatic heterocycles. The smallest absolute Gasteiger partial charge is 0.322 e. The van der Waals surface area contributed by atoms with Gasteiger partial charge in [0.1, 0.15) is 12.3 Å². The highest BCUT2D eigenvalue weighted by Gasteiger charge is 2.27. The Morgan fingerprint density at radius 3 is 2.50 bits per heavy atom. The van der Waals surface area contributed by atoms with Gasteiger partial charge in [-0.2, -0.15) is 0 Å². The zero-order chi connectivity index (χ0) is 25.3. The van der Waals surface area contributed by atoms with Gasteiger partial charge < -0.3 is 24.6 Å². The number of aryl methyl sites for hydroxylation is 1. The predicted octanol–water partition coefficient (Wildman–Crippen LogP) is 5.31. The van der Waals surface area contributed by atoms with Gasteiger partial charge in [-0.1, -0.05) is 42.5 Å². The van der Waals surface area contributed by atoms with Gasteiger partial charge in [0.25, 0.3) is 0 Å². The standard InChI is InChI=1S/C28H33N3O4S/c1-21-14-15-24(36-21)19-30(17-22-9-4-3-5-10-22)27(32)20-31(18-23-11-8-16-35-23)28(33)29-25-12-6-7-13-26(25)34-2/h3-7,9-10,12-15,23H,8,11,16-20H2,1-2H3,(H,29,33). The zero-order valence-electron chi connectivity index (χ0n) is 20.8. The summed E-state index contributed by atoms with van der Waals surface area (Å²) < 4.78 is 11.2. The number of nitrogens with one attached hydrogen (secondary N) is 1. The lowest BCUT2D eigenvalue weighted by Gasteiger charge is -2.29. The van der Waals surface area contributed by atoms with Crippen LogP contribution in [0.4, 0.5) is 10.5 Å². The lowest BCUT2D eigenvalue weighted by Crippen LogP contribution is -2.46. The Balaban J connectivity index is 1.52. The van der Waals surface area contributed by atoms with E-state index in [1.807, 2.05) is 47.4 Å². The van der Waals surface area contributed by atoms with E-state index in [4.69, 9.17) is 9.47 Å². The van der Waals surface area contributed by atoms with E-state index in [9.17, 15) is 9.59 Å². The highest BCUT2D eigenvalue weighted by atomic mass is 32.1. The number of carbonyl (C=O) groups is 2. The molecule has 0 saturated carbocycles. The molecule has 1 atom stereocenters. The molecule has 0 radical (unpaired) electrons. The highest BCUT2D eigenvalue weighted by Crippen LogP contribution is 2.24. The van der Waals surface area contributed by atoms with Crippen molar-refractivity contribution in [1.82, 2.24) is 9.80 Å². The molecule has 8 heteroatoms. The maximum absolute atomic E-state index is 13.7. The summed E-state index contributed by atoms with van der Waals surface area (Å²) in [6.45, 7) is 4.01. The van der Waals surface area contributed by atoms with Crippen LogP contribution >= 0.6 is 11.3 Å². The van der Waals surface area contributed by atoms with Gasteiger partial charge in [-0.05, 0) is 49.6 Å². The van der Waals surface area contributed by atoms with Crippen LogP contribution < -0.4 is 10.1 Å². The van der Waals surface area contributed by atoms with Gasteiger partial charge in [-0.3, -0.25) is 4.79 Å². The van der Waals surface area contributed by atoms with Crippen molar-refractivity contribution in [2.24, 2.45) is 0 Å². The molecule has 4 rings (SSSR count). The molecular formula is C28H33N3O4S. The number of ether oxygens (including phenoxy) is 2. The summed E-state index contributed by atoms with van der Waals surface area (Å²) in [5.41, 5.74) is 1.60. The second kappa shape index (κ2) is 12.6. The fraction of sp³-hybridized carbons (Fsp3) is 0.357. The maximum atomic E-state index is 13.7. The Bertz CT molecular complexity index is 1140. The van der Waals surface area contributed by atoms with Crippen LogP contribution in [0, 0.1) is 6.92 Å². The third-order valence-corrected chi connectivity index (χ3v) is 7.11. The summed E-state index contributed by atoms with van der Waals surface area (Å²) >= 11 is 1.68. The average Bonchev–Trinajstić information content (AvgIpc) is 3.55. The predicted molar refractivity (Wildman–Crippen MR) is 142 cm³/mol. The summed E-state index contributed by atoms with van der Waals surface area (Å²) in [6.07, 6.45) is 1.75. The second-order valence-electron chi connectivity index (χ2n) is 8.89. The van der Waals surface area contributed by atoms with E-state index in [1.54, 1.807) is 35.5 Å². The van der Waals surface area contributed by atoms with Crippen molar-refractivity contribution in [3.05, 3.63) is 82.0 Å². The van der Waals surface area contributed by atoms with E-state index in [-0.39, 0.29) is 24.6 Å². The molecule has 7 nitrogen and oxygen atoms in total. The van der Waals surface area contributed by atoms with Gasteiger partial charge in [-0.25, -0.2) is 4.79 Å². The van der Waals surface area contributed by atoms with Crippen molar-refractivity contribution in [3.63, 3.8) is 0 Å². The number of urea groups is 1. The van der Waals surface area contributed by atoms with Crippen LogP contribution in [0.2, 0.25) is 0 Å². The lowest BCUT2D eigenvalue weighted by atomic mass is 10.2. The Morgan fingerprint density at radius 2 is 1.81 bits per heavy atom. The first-order valence-corrected chi connectivity index (χ1v) is 13.0. The molecule has 1 unspecified atom stereocenters.